The monoisotopic (exact) mass is 782 g/mol. The van der Waals surface area contributed by atoms with Gasteiger partial charge >= 0.3 is 12.1 Å². The van der Waals surface area contributed by atoms with E-state index in [0.717, 1.165) is 38.9 Å². The summed E-state index contributed by atoms with van der Waals surface area (Å²) in [6.07, 6.45) is -0.226. The van der Waals surface area contributed by atoms with Gasteiger partial charge in [0.05, 0.1) is 23.3 Å². The number of benzene rings is 5. The van der Waals surface area contributed by atoms with Gasteiger partial charge in [0.15, 0.2) is 0 Å². The highest BCUT2D eigenvalue weighted by Gasteiger charge is 2.40. The molecular formula is C48H50N2O6S. The van der Waals surface area contributed by atoms with Crippen LogP contribution in [-0.4, -0.2) is 60.2 Å². The van der Waals surface area contributed by atoms with Gasteiger partial charge in [-0.15, -0.1) is 11.8 Å². The molecule has 0 spiro atoms. The van der Waals surface area contributed by atoms with E-state index < -0.39 is 40.9 Å². The lowest BCUT2D eigenvalue weighted by Crippen LogP contribution is -2.56. The summed E-state index contributed by atoms with van der Waals surface area (Å²) in [6.45, 7) is 7.51. The lowest BCUT2D eigenvalue weighted by molar-refractivity contribution is -0.145. The zero-order valence-electron chi connectivity index (χ0n) is 32.4. The van der Waals surface area contributed by atoms with Crippen molar-refractivity contribution in [3.8, 4) is 11.1 Å². The van der Waals surface area contributed by atoms with Gasteiger partial charge in [-0.1, -0.05) is 172 Å². The van der Waals surface area contributed by atoms with Gasteiger partial charge in [0.1, 0.15) is 19.3 Å². The van der Waals surface area contributed by atoms with Crippen LogP contribution in [0.4, 0.5) is 4.79 Å². The Balaban J connectivity index is 1.31. The highest BCUT2D eigenvalue weighted by atomic mass is 32.2. The van der Waals surface area contributed by atoms with Crippen LogP contribution in [0.2, 0.25) is 0 Å². The first-order valence-corrected chi connectivity index (χ1v) is 20.4. The van der Waals surface area contributed by atoms with E-state index in [2.05, 4.69) is 77.9 Å². The van der Waals surface area contributed by atoms with Crippen molar-refractivity contribution in [2.24, 2.45) is 5.92 Å². The molecule has 6 rings (SSSR count). The van der Waals surface area contributed by atoms with Crippen LogP contribution in [0.3, 0.4) is 0 Å². The summed E-state index contributed by atoms with van der Waals surface area (Å²) < 4.78 is 10.3. The molecule has 0 unspecified atom stereocenters. The first-order valence-electron chi connectivity index (χ1n) is 19.4. The van der Waals surface area contributed by atoms with Crippen molar-refractivity contribution in [1.29, 1.82) is 0 Å². The Morgan fingerprint density at radius 1 is 0.754 bits per heavy atom. The summed E-state index contributed by atoms with van der Waals surface area (Å²) >= 11 is 1.52. The molecule has 0 saturated carbocycles. The summed E-state index contributed by atoms with van der Waals surface area (Å²) in [4.78, 5) is 41.0. The minimum absolute atomic E-state index is 0.0151. The van der Waals surface area contributed by atoms with Crippen molar-refractivity contribution in [2.75, 3.05) is 19.0 Å². The summed E-state index contributed by atoms with van der Waals surface area (Å²) in [5.41, 5.74) is 7.37. The molecule has 1 aliphatic rings. The van der Waals surface area contributed by atoms with Crippen molar-refractivity contribution in [3.63, 3.8) is 0 Å². The molecule has 1 aliphatic carbocycles. The third-order valence-corrected chi connectivity index (χ3v) is 12.3. The number of carbonyl (C=O) groups excluding carboxylic acids is 3. The molecule has 0 aromatic heterocycles. The van der Waals surface area contributed by atoms with Crippen LogP contribution in [0.1, 0.15) is 60.4 Å². The van der Waals surface area contributed by atoms with Gasteiger partial charge in [-0.2, -0.15) is 0 Å². The maximum atomic E-state index is 14.6. The first-order chi connectivity index (χ1) is 27.8. The molecule has 0 saturated heterocycles. The Kier molecular flexibility index (Phi) is 14.0. The van der Waals surface area contributed by atoms with Crippen molar-refractivity contribution in [2.45, 2.75) is 55.5 Å². The summed E-state index contributed by atoms with van der Waals surface area (Å²) in [7, 11) is 0. The van der Waals surface area contributed by atoms with Gasteiger partial charge in [0.25, 0.3) is 0 Å². The number of hydrogen-bond donors (Lipinski definition) is 3. The van der Waals surface area contributed by atoms with E-state index in [9.17, 15) is 19.5 Å². The highest BCUT2D eigenvalue weighted by Crippen LogP contribution is 2.49. The fraction of sp³-hybridized carbons (Fsp3) is 0.271. The second kappa shape index (κ2) is 19.5. The third-order valence-electron chi connectivity index (χ3n) is 10.7. The molecule has 5 aromatic rings. The van der Waals surface area contributed by atoms with Crippen LogP contribution in [0, 0.1) is 5.92 Å². The number of amides is 2. The van der Waals surface area contributed by atoms with Gasteiger partial charge in [-0.3, -0.25) is 9.59 Å². The van der Waals surface area contributed by atoms with Crippen molar-refractivity contribution >= 4 is 29.7 Å². The summed E-state index contributed by atoms with van der Waals surface area (Å²) in [5.74, 6) is -1.37. The number of thioether (sulfide) groups is 1. The van der Waals surface area contributed by atoms with Crippen molar-refractivity contribution < 1.29 is 29.0 Å². The van der Waals surface area contributed by atoms with Crippen LogP contribution < -0.4 is 10.6 Å². The van der Waals surface area contributed by atoms with Crippen LogP contribution >= 0.6 is 11.8 Å². The molecule has 3 N–H and O–H groups in total. The lowest BCUT2D eigenvalue weighted by atomic mass is 9.84. The number of nitrogens with one attached hydrogen (secondary N) is 2. The average molecular weight is 783 g/mol. The van der Waals surface area contributed by atoms with Crippen LogP contribution in [-0.2, 0) is 23.8 Å². The third kappa shape index (κ3) is 9.50. The molecular weight excluding hydrogens is 733 g/mol. The van der Waals surface area contributed by atoms with Gasteiger partial charge in [0, 0.05) is 11.7 Å². The quantitative estimate of drug-likeness (QED) is 0.0464. The Bertz CT molecular complexity index is 1970. The van der Waals surface area contributed by atoms with Gasteiger partial charge < -0.3 is 25.2 Å². The normalized spacial score (nSPS) is 14.2. The Hall–Kier alpha value is -5.64. The van der Waals surface area contributed by atoms with Gasteiger partial charge in [-0.05, 0) is 44.9 Å². The summed E-state index contributed by atoms with van der Waals surface area (Å²) in [6, 6.07) is 44.6. The van der Waals surface area contributed by atoms with E-state index >= 15 is 0 Å². The number of alkyl carbamates (subject to hydrolysis) is 1. The van der Waals surface area contributed by atoms with E-state index in [1.54, 1.807) is 0 Å². The second-order valence-electron chi connectivity index (χ2n) is 14.3. The minimum Gasteiger partial charge on any atom is -0.461 e. The zero-order chi connectivity index (χ0) is 40.2. The minimum atomic E-state index is -1.24. The fourth-order valence-electron chi connectivity index (χ4n) is 7.59. The maximum absolute atomic E-state index is 14.6. The number of rotatable bonds is 18. The van der Waals surface area contributed by atoms with E-state index in [1.165, 1.54) is 17.8 Å². The maximum Gasteiger partial charge on any atom is 0.407 e. The standard InChI is InChI=1S/C48H50N2O6S/c1-4-29-55-44(52)30-43(51)45(33(3)5-2)50-46(53)42(49-47(54)56-31-41-39-27-17-15-25-37(39)38-26-16-18-28-40(38)41)32-57-48(34-19-9-6-10-20-34,35-21-11-7-12-22-35)36-23-13-8-14-24-36/h4,6-28,33,41-43,45,51H,1,5,29-32H2,2-3H3,(H,49,54)(H,50,53)/t33-,42-,43+,45-/m1/s1. The molecule has 4 atom stereocenters. The number of carbonyl (C=O) groups is 3. The van der Waals surface area contributed by atoms with Crippen molar-refractivity contribution in [1.82, 2.24) is 10.6 Å². The SMILES string of the molecule is C=CCOC(=O)C[C@H](O)[C@H](NC(=O)[C@@H](CSC(c1ccccc1)(c1ccccc1)c1ccccc1)NC(=O)OCC1c2ccccc2-c2ccccc21)[C@H](C)CC. The molecule has 57 heavy (non-hydrogen) atoms. The Morgan fingerprint density at radius 2 is 1.25 bits per heavy atom. The number of aliphatic hydroxyl groups is 1. The van der Waals surface area contributed by atoms with E-state index in [4.69, 9.17) is 9.47 Å². The van der Waals surface area contributed by atoms with E-state index in [-0.39, 0.29) is 37.2 Å². The molecule has 5 aromatic carbocycles. The molecule has 8 nitrogen and oxygen atoms in total. The Labute approximate surface area is 339 Å². The molecule has 0 heterocycles. The molecule has 9 heteroatoms. The van der Waals surface area contributed by atoms with Crippen LogP contribution in [0.25, 0.3) is 11.1 Å². The summed E-state index contributed by atoms with van der Waals surface area (Å²) in [5, 5.41) is 17.2. The number of esters is 1. The van der Waals surface area contributed by atoms with E-state index in [0.29, 0.717) is 6.42 Å². The molecule has 0 aliphatic heterocycles. The van der Waals surface area contributed by atoms with Crippen molar-refractivity contribution in [3.05, 3.63) is 180 Å². The van der Waals surface area contributed by atoms with Crippen LogP contribution in [0.15, 0.2) is 152 Å². The number of hydrogen-bond acceptors (Lipinski definition) is 7. The molecule has 294 valence electrons. The Morgan fingerprint density at radius 3 is 1.74 bits per heavy atom. The zero-order valence-corrected chi connectivity index (χ0v) is 33.2. The average Bonchev–Trinajstić information content (AvgIpc) is 3.57. The second-order valence-corrected chi connectivity index (χ2v) is 15.5. The topological polar surface area (TPSA) is 114 Å². The smallest absolute Gasteiger partial charge is 0.407 e. The molecule has 2 amide bonds. The number of fused-ring (bicyclic) bond motifs is 3. The molecule has 0 fully saturated rings. The fourth-order valence-corrected chi connectivity index (χ4v) is 9.15. The van der Waals surface area contributed by atoms with Crippen LogP contribution in [0.5, 0.6) is 0 Å². The first kappa shape index (κ1) is 41.0. The largest absolute Gasteiger partial charge is 0.461 e. The molecule has 0 radical (unpaired) electrons. The predicted molar refractivity (Wildman–Crippen MR) is 227 cm³/mol. The number of aliphatic hydroxyl groups excluding tert-OH is 1. The lowest BCUT2D eigenvalue weighted by Gasteiger charge is -2.37. The highest BCUT2D eigenvalue weighted by molar-refractivity contribution is 8.00. The predicted octanol–water partition coefficient (Wildman–Crippen LogP) is 8.63. The molecule has 0 bridgehead atoms. The van der Waals surface area contributed by atoms with Gasteiger partial charge in [0.2, 0.25) is 5.91 Å². The van der Waals surface area contributed by atoms with Gasteiger partial charge in [-0.25, -0.2) is 4.79 Å². The number of ether oxygens (including phenoxy) is 2. The van der Waals surface area contributed by atoms with E-state index in [1.807, 2.05) is 92.7 Å².